The Morgan fingerprint density at radius 2 is 1.60 bits per heavy atom. The first-order valence-electron chi connectivity index (χ1n) is 6.84. The summed E-state index contributed by atoms with van der Waals surface area (Å²) in [7, 11) is 0. The minimum atomic E-state index is -0.0172. The molecular formula is C17H20N2S. The fourth-order valence-electron chi connectivity index (χ4n) is 2.39. The first kappa shape index (κ1) is 14.7. The maximum atomic E-state index is 5.99. The molecule has 0 radical (unpaired) electrons. The Morgan fingerprint density at radius 1 is 1.05 bits per heavy atom. The summed E-state index contributed by atoms with van der Waals surface area (Å²) in [6.45, 7) is 3.87. The van der Waals surface area contributed by atoms with Gasteiger partial charge in [-0.2, -0.15) is 0 Å². The van der Waals surface area contributed by atoms with Crippen LogP contribution < -0.4 is 5.73 Å². The largest absolute Gasteiger partial charge is 0.392 e. The molecule has 0 heterocycles. The summed E-state index contributed by atoms with van der Waals surface area (Å²) in [6.07, 6.45) is 0. The maximum absolute atomic E-state index is 5.99. The molecule has 1 unspecified atom stereocenters. The zero-order valence-electron chi connectivity index (χ0n) is 11.7. The van der Waals surface area contributed by atoms with Gasteiger partial charge in [-0.25, -0.2) is 0 Å². The summed E-state index contributed by atoms with van der Waals surface area (Å²) in [5, 5.41) is 0. The van der Waals surface area contributed by atoms with Gasteiger partial charge in [0, 0.05) is 6.54 Å². The fraction of sp³-hybridized carbons (Fsp3) is 0.235. The van der Waals surface area contributed by atoms with Crippen molar-refractivity contribution < 1.29 is 0 Å². The standard InChI is InChI=1S/C17H20N2S/c1-2-19(13-14-9-5-3-6-10-14)16(17(18)20)15-11-7-4-8-12-15/h3-12,16H,2,13H2,1H3,(H2,18,20). The second-order valence-corrected chi connectivity index (χ2v) is 5.24. The average Bonchev–Trinajstić information content (AvgIpc) is 2.48. The van der Waals surface area contributed by atoms with E-state index in [2.05, 4.69) is 48.2 Å². The van der Waals surface area contributed by atoms with Gasteiger partial charge >= 0.3 is 0 Å². The quantitative estimate of drug-likeness (QED) is 0.823. The zero-order valence-corrected chi connectivity index (χ0v) is 12.5. The van der Waals surface area contributed by atoms with E-state index in [0.717, 1.165) is 18.7 Å². The van der Waals surface area contributed by atoms with E-state index in [0.29, 0.717) is 4.99 Å². The molecule has 1 atom stereocenters. The lowest BCUT2D eigenvalue weighted by Crippen LogP contribution is -2.36. The van der Waals surface area contributed by atoms with Crippen molar-refractivity contribution >= 4 is 17.2 Å². The Morgan fingerprint density at radius 3 is 2.10 bits per heavy atom. The van der Waals surface area contributed by atoms with E-state index in [4.69, 9.17) is 18.0 Å². The van der Waals surface area contributed by atoms with Crippen LogP contribution in [0, 0.1) is 0 Å². The van der Waals surface area contributed by atoms with Crippen LogP contribution in [-0.2, 0) is 6.54 Å². The molecule has 0 bridgehead atoms. The number of hydrogen-bond acceptors (Lipinski definition) is 2. The Labute approximate surface area is 126 Å². The third kappa shape index (κ3) is 3.65. The SMILES string of the molecule is CCN(Cc1ccccc1)C(C(N)=S)c1ccccc1. The molecule has 2 N–H and O–H groups in total. The Bertz CT molecular complexity index is 539. The molecule has 0 aromatic heterocycles. The molecule has 0 aliphatic rings. The van der Waals surface area contributed by atoms with Crippen LogP contribution in [0.4, 0.5) is 0 Å². The minimum Gasteiger partial charge on any atom is -0.392 e. The van der Waals surface area contributed by atoms with Gasteiger partial charge in [0.15, 0.2) is 0 Å². The van der Waals surface area contributed by atoms with Crippen LogP contribution in [0.15, 0.2) is 60.7 Å². The van der Waals surface area contributed by atoms with Crippen LogP contribution in [0.5, 0.6) is 0 Å². The van der Waals surface area contributed by atoms with E-state index in [1.54, 1.807) is 0 Å². The third-order valence-corrected chi connectivity index (χ3v) is 3.61. The van der Waals surface area contributed by atoms with Gasteiger partial charge in [0.1, 0.15) is 0 Å². The Balaban J connectivity index is 2.25. The molecule has 2 aromatic carbocycles. The van der Waals surface area contributed by atoms with Crippen LogP contribution in [0.1, 0.15) is 24.1 Å². The molecule has 0 saturated carbocycles. The molecular weight excluding hydrogens is 264 g/mol. The topological polar surface area (TPSA) is 29.3 Å². The van der Waals surface area contributed by atoms with E-state index in [1.165, 1.54) is 5.56 Å². The van der Waals surface area contributed by atoms with Crippen molar-refractivity contribution in [3.05, 3.63) is 71.8 Å². The minimum absolute atomic E-state index is 0.0172. The van der Waals surface area contributed by atoms with Gasteiger partial charge in [-0.3, -0.25) is 4.90 Å². The lowest BCUT2D eigenvalue weighted by atomic mass is 10.0. The average molecular weight is 284 g/mol. The number of benzene rings is 2. The van der Waals surface area contributed by atoms with Gasteiger partial charge in [0.05, 0.1) is 11.0 Å². The van der Waals surface area contributed by atoms with Gasteiger partial charge in [-0.15, -0.1) is 0 Å². The summed E-state index contributed by atoms with van der Waals surface area (Å²) in [5.74, 6) is 0. The van der Waals surface area contributed by atoms with E-state index < -0.39 is 0 Å². The van der Waals surface area contributed by atoms with Crippen LogP contribution in [0.3, 0.4) is 0 Å². The van der Waals surface area contributed by atoms with E-state index in [-0.39, 0.29) is 6.04 Å². The number of nitrogens with zero attached hydrogens (tertiary/aromatic N) is 1. The second kappa shape index (κ2) is 7.17. The van der Waals surface area contributed by atoms with E-state index in [1.807, 2.05) is 24.3 Å². The summed E-state index contributed by atoms with van der Waals surface area (Å²) >= 11 is 5.29. The van der Waals surface area contributed by atoms with Crippen molar-refractivity contribution in [2.45, 2.75) is 19.5 Å². The van der Waals surface area contributed by atoms with Crippen molar-refractivity contribution in [2.24, 2.45) is 5.73 Å². The molecule has 0 aliphatic heterocycles. The van der Waals surface area contributed by atoms with Crippen molar-refractivity contribution in [3.63, 3.8) is 0 Å². The van der Waals surface area contributed by atoms with E-state index in [9.17, 15) is 0 Å². The summed E-state index contributed by atoms with van der Waals surface area (Å²) < 4.78 is 0. The first-order chi connectivity index (χ1) is 9.72. The molecule has 0 fully saturated rings. The smallest absolute Gasteiger partial charge is 0.0948 e. The molecule has 2 nitrogen and oxygen atoms in total. The predicted molar refractivity (Wildman–Crippen MR) is 88.5 cm³/mol. The number of nitrogens with two attached hydrogens (primary N) is 1. The fourth-order valence-corrected chi connectivity index (χ4v) is 2.68. The maximum Gasteiger partial charge on any atom is 0.0948 e. The Kier molecular flexibility index (Phi) is 5.27. The molecule has 3 heteroatoms. The normalized spacial score (nSPS) is 12.3. The summed E-state index contributed by atoms with van der Waals surface area (Å²) in [5.41, 5.74) is 8.41. The first-order valence-corrected chi connectivity index (χ1v) is 7.25. The zero-order chi connectivity index (χ0) is 14.4. The molecule has 0 saturated heterocycles. The van der Waals surface area contributed by atoms with Crippen LogP contribution in [0.25, 0.3) is 0 Å². The van der Waals surface area contributed by atoms with Crippen molar-refractivity contribution in [1.29, 1.82) is 0 Å². The molecule has 0 spiro atoms. The number of thiocarbonyl (C=S) groups is 1. The van der Waals surface area contributed by atoms with Crippen LogP contribution >= 0.6 is 12.2 Å². The highest BCUT2D eigenvalue weighted by Gasteiger charge is 2.21. The molecule has 2 aromatic rings. The molecule has 20 heavy (non-hydrogen) atoms. The highest BCUT2D eigenvalue weighted by molar-refractivity contribution is 7.80. The summed E-state index contributed by atoms with van der Waals surface area (Å²) in [6, 6.07) is 20.6. The third-order valence-electron chi connectivity index (χ3n) is 3.38. The highest BCUT2D eigenvalue weighted by Crippen LogP contribution is 2.23. The van der Waals surface area contributed by atoms with Crippen molar-refractivity contribution in [3.8, 4) is 0 Å². The van der Waals surface area contributed by atoms with Crippen molar-refractivity contribution in [2.75, 3.05) is 6.54 Å². The van der Waals surface area contributed by atoms with Gasteiger partial charge in [0.25, 0.3) is 0 Å². The van der Waals surface area contributed by atoms with Crippen LogP contribution in [-0.4, -0.2) is 16.4 Å². The second-order valence-electron chi connectivity index (χ2n) is 4.76. The number of likely N-dealkylation sites (N-methyl/N-ethyl adjacent to an activating group) is 1. The highest BCUT2D eigenvalue weighted by atomic mass is 32.1. The van der Waals surface area contributed by atoms with Gasteiger partial charge in [0.2, 0.25) is 0 Å². The van der Waals surface area contributed by atoms with Crippen molar-refractivity contribution in [1.82, 2.24) is 4.90 Å². The van der Waals surface area contributed by atoms with Crippen LogP contribution in [0.2, 0.25) is 0 Å². The molecule has 2 rings (SSSR count). The van der Waals surface area contributed by atoms with E-state index >= 15 is 0 Å². The van der Waals surface area contributed by atoms with Gasteiger partial charge in [-0.05, 0) is 17.7 Å². The number of rotatable bonds is 6. The number of hydrogen-bond donors (Lipinski definition) is 1. The molecule has 0 aliphatic carbocycles. The van der Waals surface area contributed by atoms with Gasteiger partial charge in [-0.1, -0.05) is 79.8 Å². The monoisotopic (exact) mass is 284 g/mol. The molecule has 104 valence electrons. The lowest BCUT2D eigenvalue weighted by Gasteiger charge is -2.30. The lowest BCUT2D eigenvalue weighted by molar-refractivity contribution is 0.249. The Hall–Kier alpha value is -1.71. The predicted octanol–water partition coefficient (Wildman–Crippen LogP) is 3.54. The molecule has 0 amide bonds. The summed E-state index contributed by atoms with van der Waals surface area (Å²) in [4.78, 5) is 2.82. The van der Waals surface area contributed by atoms with Gasteiger partial charge < -0.3 is 5.73 Å².